The number of ether oxygens (including phenoxy) is 1. The Kier molecular flexibility index (Phi) is 9.35. The quantitative estimate of drug-likeness (QED) is 0.611. The van der Waals surface area contributed by atoms with E-state index in [1.54, 1.807) is 7.11 Å². The molecule has 0 atom stereocenters. The van der Waals surface area contributed by atoms with Gasteiger partial charge in [-0.3, -0.25) is 0 Å². The lowest BCUT2D eigenvalue weighted by atomic mass is 10.2. The minimum absolute atomic E-state index is 0.686. The molecule has 0 heterocycles. The normalized spacial score (nSPS) is 11.6. The van der Waals surface area contributed by atoms with Gasteiger partial charge in [0.15, 0.2) is 0 Å². The van der Waals surface area contributed by atoms with Crippen LogP contribution in [0.1, 0.15) is 26.7 Å². The molecule has 3 nitrogen and oxygen atoms in total. The van der Waals surface area contributed by atoms with E-state index in [1.807, 2.05) is 0 Å². The number of methoxy groups -OCH3 is 1. The fraction of sp³-hybridized carbons (Fsp3) is 1.00. The number of hydrogen-bond acceptors (Lipinski definition) is 3. The third kappa shape index (κ3) is 7.30. The Morgan fingerprint density at radius 1 is 1.21 bits per heavy atom. The highest BCUT2D eigenvalue weighted by molar-refractivity contribution is 4.63. The average Bonchev–Trinajstić information content (AvgIpc) is 2.21. The standard InChI is InChI=1S/C11H26N2O/c1-5-11(6-2)12-7-8-13(3)9-10-14-4/h11-12H,5-10H2,1-4H3. The lowest BCUT2D eigenvalue weighted by Gasteiger charge is -2.19. The van der Waals surface area contributed by atoms with Crippen molar-refractivity contribution in [1.82, 2.24) is 10.2 Å². The second kappa shape index (κ2) is 9.44. The summed E-state index contributed by atoms with van der Waals surface area (Å²) >= 11 is 0. The van der Waals surface area contributed by atoms with Gasteiger partial charge in [-0.25, -0.2) is 0 Å². The van der Waals surface area contributed by atoms with Crippen LogP contribution >= 0.6 is 0 Å². The zero-order valence-corrected chi connectivity index (χ0v) is 10.2. The van der Waals surface area contributed by atoms with Gasteiger partial charge in [-0.05, 0) is 19.9 Å². The zero-order valence-electron chi connectivity index (χ0n) is 10.2. The molecule has 3 heteroatoms. The SMILES string of the molecule is CCC(CC)NCCN(C)CCOC. The predicted octanol–water partition coefficient (Wildman–Crippen LogP) is 1.34. The van der Waals surface area contributed by atoms with Crippen molar-refractivity contribution in [1.29, 1.82) is 0 Å². The topological polar surface area (TPSA) is 24.5 Å². The molecule has 0 saturated heterocycles. The van der Waals surface area contributed by atoms with E-state index in [1.165, 1.54) is 12.8 Å². The van der Waals surface area contributed by atoms with Gasteiger partial charge in [0.05, 0.1) is 6.61 Å². The van der Waals surface area contributed by atoms with Crippen molar-refractivity contribution in [3.8, 4) is 0 Å². The third-order valence-corrected chi connectivity index (χ3v) is 2.59. The van der Waals surface area contributed by atoms with E-state index >= 15 is 0 Å². The maximum atomic E-state index is 5.02. The van der Waals surface area contributed by atoms with E-state index in [0.717, 1.165) is 26.2 Å². The van der Waals surface area contributed by atoms with Gasteiger partial charge in [0, 0.05) is 32.8 Å². The molecule has 0 fully saturated rings. The van der Waals surface area contributed by atoms with Crippen LogP contribution in [0.25, 0.3) is 0 Å². The number of nitrogens with zero attached hydrogens (tertiary/aromatic N) is 1. The van der Waals surface area contributed by atoms with Crippen LogP contribution < -0.4 is 5.32 Å². The molecule has 0 aromatic heterocycles. The molecule has 0 bridgehead atoms. The van der Waals surface area contributed by atoms with Crippen molar-refractivity contribution >= 4 is 0 Å². The van der Waals surface area contributed by atoms with E-state index in [9.17, 15) is 0 Å². The molecule has 86 valence electrons. The Hall–Kier alpha value is -0.120. The molecule has 0 radical (unpaired) electrons. The van der Waals surface area contributed by atoms with Crippen LogP contribution in [0, 0.1) is 0 Å². The molecule has 0 aliphatic rings. The molecule has 0 aromatic carbocycles. The third-order valence-electron chi connectivity index (χ3n) is 2.59. The first-order valence-electron chi connectivity index (χ1n) is 5.65. The van der Waals surface area contributed by atoms with Crippen LogP contribution in [-0.2, 0) is 4.74 Å². The Morgan fingerprint density at radius 3 is 2.36 bits per heavy atom. The Labute approximate surface area is 88.8 Å². The first-order chi connectivity index (χ1) is 6.74. The fourth-order valence-electron chi connectivity index (χ4n) is 1.40. The van der Waals surface area contributed by atoms with Crippen LogP contribution in [0.5, 0.6) is 0 Å². The average molecular weight is 202 g/mol. The highest BCUT2D eigenvalue weighted by Gasteiger charge is 2.02. The molecule has 0 spiro atoms. The van der Waals surface area contributed by atoms with Crippen molar-refractivity contribution in [3.63, 3.8) is 0 Å². The van der Waals surface area contributed by atoms with E-state index in [0.29, 0.717) is 6.04 Å². The maximum Gasteiger partial charge on any atom is 0.0589 e. The molecule has 1 N–H and O–H groups in total. The molecule has 0 amide bonds. The summed E-state index contributed by atoms with van der Waals surface area (Å²) in [5.41, 5.74) is 0. The Balaban J connectivity index is 3.33. The van der Waals surface area contributed by atoms with E-state index in [2.05, 4.69) is 31.1 Å². The van der Waals surface area contributed by atoms with Gasteiger partial charge in [-0.2, -0.15) is 0 Å². The molecule has 0 saturated carbocycles. The van der Waals surface area contributed by atoms with Gasteiger partial charge < -0.3 is 15.0 Å². The molecule has 0 unspecified atom stereocenters. The van der Waals surface area contributed by atoms with Crippen LogP contribution in [-0.4, -0.2) is 51.3 Å². The van der Waals surface area contributed by atoms with Crippen molar-refractivity contribution in [3.05, 3.63) is 0 Å². The van der Waals surface area contributed by atoms with Crippen LogP contribution in [0.15, 0.2) is 0 Å². The maximum absolute atomic E-state index is 5.02. The Morgan fingerprint density at radius 2 is 1.86 bits per heavy atom. The lowest BCUT2D eigenvalue weighted by Crippen LogP contribution is -2.36. The number of hydrogen-bond donors (Lipinski definition) is 1. The second-order valence-corrected chi connectivity index (χ2v) is 3.76. The predicted molar refractivity (Wildman–Crippen MR) is 61.7 cm³/mol. The minimum Gasteiger partial charge on any atom is -0.383 e. The fourth-order valence-corrected chi connectivity index (χ4v) is 1.40. The van der Waals surface area contributed by atoms with Gasteiger partial charge in [0.1, 0.15) is 0 Å². The summed E-state index contributed by atoms with van der Waals surface area (Å²) in [6.07, 6.45) is 2.44. The summed E-state index contributed by atoms with van der Waals surface area (Å²) in [7, 11) is 3.88. The van der Waals surface area contributed by atoms with Gasteiger partial charge in [0.2, 0.25) is 0 Å². The zero-order chi connectivity index (χ0) is 10.8. The molecule has 0 aliphatic carbocycles. The molecular formula is C11H26N2O. The van der Waals surface area contributed by atoms with E-state index in [4.69, 9.17) is 4.74 Å². The minimum atomic E-state index is 0.686. The Bertz CT molecular complexity index is 116. The van der Waals surface area contributed by atoms with Gasteiger partial charge in [-0.15, -0.1) is 0 Å². The van der Waals surface area contributed by atoms with Crippen molar-refractivity contribution in [2.75, 3.05) is 40.4 Å². The van der Waals surface area contributed by atoms with E-state index in [-0.39, 0.29) is 0 Å². The molecule has 0 aromatic rings. The van der Waals surface area contributed by atoms with E-state index < -0.39 is 0 Å². The van der Waals surface area contributed by atoms with Crippen molar-refractivity contribution < 1.29 is 4.74 Å². The van der Waals surface area contributed by atoms with Crippen molar-refractivity contribution in [2.45, 2.75) is 32.7 Å². The molecule has 14 heavy (non-hydrogen) atoms. The number of nitrogens with one attached hydrogen (secondary N) is 1. The van der Waals surface area contributed by atoms with Crippen LogP contribution in [0.3, 0.4) is 0 Å². The summed E-state index contributed by atoms with van der Waals surface area (Å²) in [5, 5.41) is 3.54. The second-order valence-electron chi connectivity index (χ2n) is 3.76. The smallest absolute Gasteiger partial charge is 0.0589 e. The molecule has 0 aliphatic heterocycles. The largest absolute Gasteiger partial charge is 0.383 e. The first-order valence-corrected chi connectivity index (χ1v) is 5.65. The summed E-state index contributed by atoms with van der Waals surface area (Å²) in [4.78, 5) is 2.29. The summed E-state index contributed by atoms with van der Waals surface area (Å²) in [5.74, 6) is 0. The summed E-state index contributed by atoms with van der Waals surface area (Å²) < 4.78 is 5.02. The van der Waals surface area contributed by atoms with Gasteiger partial charge in [0.25, 0.3) is 0 Å². The summed E-state index contributed by atoms with van der Waals surface area (Å²) in [6.45, 7) is 8.47. The van der Waals surface area contributed by atoms with Crippen LogP contribution in [0.2, 0.25) is 0 Å². The first kappa shape index (κ1) is 13.9. The van der Waals surface area contributed by atoms with Gasteiger partial charge >= 0.3 is 0 Å². The monoisotopic (exact) mass is 202 g/mol. The highest BCUT2D eigenvalue weighted by atomic mass is 16.5. The van der Waals surface area contributed by atoms with Gasteiger partial charge in [-0.1, -0.05) is 13.8 Å². The molecule has 0 rings (SSSR count). The van der Waals surface area contributed by atoms with Crippen LogP contribution in [0.4, 0.5) is 0 Å². The summed E-state index contributed by atoms with van der Waals surface area (Å²) in [6, 6.07) is 0.686. The number of likely N-dealkylation sites (N-methyl/N-ethyl adjacent to an activating group) is 1. The van der Waals surface area contributed by atoms with Crippen molar-refractivity contribution in [2.24, 2.45) is 0 Å². The highest BCUT2D eigenvalue weighted by Crippen LogP contribution is 1.94. The molecular weight excluding hydrogens is 176 g/mol. The lowest BCUT2D eigenvalue weighted by molar-refractivity contribution is 0.161. The number of rotatable bonds is 9.